The molecule has 1 aliphatic heterocycles. The monoisotopic (exact) mass is 330 g/mol. The molecule has 0 saturated carbocycles. The topological polar surface area (TPSA) is 59.0 Å². The molecule has 0 bridgehead atoms. The lowest BCUT2D eigenvalue weighted by molar-refractivity contribution is -0.124. The second-order valence-electron chi connectivity index (χ2n) is 4.98. The number of benzene rings is 1. The van der Waals surface area contributed by atoms with Crippen molar-refractivity contribution in [3.8, 4) is 0 Å². The van der Waals surface area contributed by atoms with Crippen molar-refractivity contribution in [2.45, 2.75) is 13.0 Å². The number of imidazole rings is 1. The molecule has 1 aliphatic rings. The van der Waals surface area contributed by atoms with Gasteiger partial charge in [-0.1, -0.05) is 12.1 Å². The summed E-state index contributed by atoms with van der Waals surface area (Å²) < 4.78 is 2.03. The molecular weight excluding hydrogens is 311 g/mol. The van der Waals surface area contributed by atoms with Crippen molar-refractivity contribution in [2.75, 3.05) is 13.1 Å². The van der Waals surface area contributed by atoms with Crippen molar-refractivity contribution in [3.63, 3.8) is 0 Å². The fourth-order valence-corrected chi connectivity index (χ4v) is 2.54. The predicted octanol–water partition coefficient (Wildman–Crippen LogP) is 1.64. The van der Waals surface area contributed by atoms with E-state index in [0.29, 0.717) is 6.54 Å². The van der Waals surface area contributed by atoms with Crippen LogP contribution in [0.25, 0.3) is 11.0 Å². The molecule has 0 spiro atoms. The maximum atomic E-state index is 12.0. The summed E-state index contributed by atoms with van der Waals surface area (Å²) in [6.45, 7) is 2.21. The second kappa shape index (κ2) is 7.64. The number of carbonyl (C=O) groups excluding carboxylic acids is 1. The molecule has 7 heteroatoms. The molecule has 2 aromatic rings. The van der Waals surface area contributed by atoms with Crippen LogP contribution in [0.15, 0.2) is 24.3 Å². The Balaban J connectivity index is 0.00000110. The van der Waals surface area contributed by atoms with Gasteiger partial charge in [-0.05, 0) is 25.1 Å². The van der Waals surface area contributed by atoms with Gasteiger partial charge in [0.2, 0.25) is 5.91 Å². The fourth-order valence-electron chi connectivity index (χ4n) is 2.54. The Hall–Kier alpha value is -1.30. The number of nitrogens with zero attached hydrogens (tertiary/aromatic N) is 2. The van der Waals surface area contributed by atoms with E-state index in [9.17, 15) is 4.79 Å². The molecule has 0 radical (unpaired) electrons. The Kier molecular flexibility index (Phi) is 6.45. The molecule has 1 unspecified atom stereocenters. The van der Waals surface area contributed by atoms with E-state index in [4.69, 9.17) is 0 Å². The number of rotatable bonds is 3. The maximum absolute atomic E-state index is 12.0. The van der Waals surface area contributed by atoms with Crippen molar-refractivity contribution in [1.82, 2.24) is 20.2 Å². The number of hydrogen-bond donors (Lipinski definition) is 2. The molecule has 2 heterocycles. The van der Waals surface area contributed by atoms with Crippen molar-refractivity contribution in [3.05, 3.63) is 30.1 Å². The van der Waals surface area contributed by atoms with E-state index in [2.05, 4.69) is 15.6 Å². The van der Waals surface area contributed by atoms with Gasteiger partial charge < -0.3 is 15.2 Å². The summed E-state index contributed by atoms with van der Waals surface area (Å²) >= 11 is 0. The highest BCUT2D eigenvalue weighted by Gasteiger charge is 2.22. The first-order chi connectivity index (χ1) is 9.25. The molecule has 0 aliphatic carbocycles. The zero-order valence-corrected chi connectivity index (χ0v) is 13.5. The number of nitrogens with one attached hydrogen (secondary N) is 2. The van der Waals surface area contributed by atoms with Crippen LogP contribution in [0.2, 0.25) is 0 Å². The summed E-state index contributed by atoms with van der Waals surface area (Å²) in [6, 6.07) is 7.99. The zero-order chi connectivity index (χ0) is 13.2. The largest absolute Gasteiger partial charge is 0.349 e. The lowest BCUT2D eigenvalue weighted by Gasteiger charge is -2.09. The third-order valence-corrected chi connectivity index (χ3v) is 3.73. The molecule has 1 atom stereocenters. The van der Waals surface area contributed by atoms with Crippen LogP contribution < -0.4 is 10.6 Å². The van der Waals surface area contributed by atoms with Gasteiger partial charge in [-0.3, -0.25) is 4.79 Å². The summed E-state index contributed by atoms with van der Waals surface area (Å²) in [5, 5.41) is 6.18. The van der Waals surface area contributed by atoms with Crippen LogP contribution in [0, 0.1) is 5.92 Å². The van der Waals surface area contributed by atoms with Crippen molar-refractivity contribution in [2.24, 2.45) is 13.0 Å². The van der Waals surface area contributed by atoms with E-state index in [-0.39, 0.29) is 36.6 Å². The minimum absolute atomic E-state index is 0. The molecule has 1 aromatic heterocycles. The van der Waals surface area contributed by atoms with E-state index in [1.807, 2.05) is 35.9 Å². The Morgan fingerprint density at radius 2 is 2.19 bits per heavy atom. The molecule has 1 aromatic carbocycles. The average molecular weight is 331 g/mol. The molecule has 1 amide bonds. The third-order valence-electron chi connectivity index (χ3n) is 3.73. The lowest BCUT2D eigenvalue weighted by atomic mass is 10.1. The van der Waals surface area contributed by atoms with Crippen LogP contribution in [-0.2, 0) is 18.4 Å². The number of aromatic nitrogens is 2. The van der Waals surface area contributed by atoms with Gasteiger partial charge in [0.25, 0.3) is 0 Å². The van der Waals surface area contributed by atoms with Crippen molar-refractivity contribution >= 4 is 41.8 Å². The first-order valence-corrected chi connectivity index (χ1v) is 6.64. The van der Waals surface area contributed by atoms with Crippen LogP contribution in [0.4, 0.5) is 0 Å². The number of aryl methyl sites for hydroxylation is 1. The minimum Gasteiger partial charge on any atom is -0.349 e. The van der Waals surface area contributed by atoms with Gasteiger partial charge in [-0.25, -0.2) is 4.98 Å². The fraction of sp³-hybridized carbons (Fsp3) is 0.429. The Morgan fingerprint density at radius 3 is 2.86 bits per heavy atom. The molecule has 3 rings (SSSR count). The highest BCUT2D eigenvalue weighted by molar-refractivity contribution is 5.85. The van der Waals surface area contributed by atoms with Crippen LogP contribution >= 0.6 is 24.8 Å². The number of carbonyl (C=O) groups is 1. The average Bonchev–Trinajstić information content (AvgIpc) is 3.05. The summed E-state index contributed by atoms with van der Waals surface area (Å²) in [5.74, 6) is 1.12. The van der Waals surface area contributed by atoms with Gasteiger partial charge in [0.15, 0.2) is 0 Å². The standard InChI is InChI=1S/C14H18N4O.2ClH/c1-18-12-5-3-2-4-11(12)17-13(18)9-16-14(19)10-6-7-15-8-10;;/h2-5,10,15H,6-9H2,1H3,(H,16,19);2*1H. The van der Waals surface area contributed by atoms with Crippen LogP contribution in [0.1, 0.15) is 12.2 Å². The molecular formula is C14H20Cl2N4O. The van der Waals surface area contributed by atoms with Crippen LogP contribution in [0.3, 0.4) is 0 Å². The lowest BCUT2D eigenvalue weighted by Crippen LogP contribution is -2.32. The smallest absolute Gasteiger partial charge is 0.224 e. The van der Waals surface area contributed by atoms with Gasteiger partial charge >= 0.3 is 0 Å². The molecule has 116 valence electrons. The molecule has 5 nitrogen and oxygen atoms in total. The number of para-hydroxylation sites is 2. The third kappa shape index (κ3) is 3.67. The van der Waals surface area contributed by atoms with Crippen LogP contribution in [-0.4, -0.2) is 28.5 Å². The quantitative estimate of drug-likeness (QED) is 0.899. The van der Waals surface area contributed by atoms with Gasteiger partial charge in [0.05, 0.1) is 23.5 Å². The van der Waals surface area contributed by atoms with Crippen molar-refractivity contribution in [1.29, 1.82) is 0 Å². The number of halogens is 2. The van der Waals surface area contributed by atoms with Crippen molar-refractivity contribution < 1.29 is 4.79 Å². The van der Waals surface area contributed by atoms with E-state index < -0.39 is 0 Å². The molecule has 21 heavy (non-hydrogen) atoms. The molecule has 1 saturated heterocycles. The molecule has 1 fully saturated rings. The van der Waals surface area contributed by atoms with E-state index in [0.717, 1.165) is 36.4 Å². The SMILES string of the molecule is Cl.Cl.Cn1c(CNC(=O)C2CCNC2)nc2ccccc21. The summed E-state index contributed by atoms with van der Waals surface area (Å²) in [5.41, 5.74) is 2.06. The van der Waals surface area contributed by atoms with Gasteiger partial charge in [0, 0.05) is 13.6 Å². The zero-order valence-electron chi connectivity index (χ0n) is 11.8. The van der Waals surface area contributed by atoms with Crippen LogP contribution in [0.5, 0.6) is 0 Å². The van der Waals surface area contributed by atoms with Gasteiger partial charge in [-0.15, -0.1) is 24.8 Å². The maximum Gasteiger partial charge on any atom is 0.224 e. The second-order valence-corrected chi connectivity index (χ2v) is 4.98. The highest BCUT2D eigenvalue weighted by atomic mass is 35.5. The summed E-state index contributed by atoms with van der Waals surface area (Å²) in [4.78, 5) is 16.5. The van der Waals surface area contributed by atoms with E-state index in [1.165, 1.54) is 0 Å². The first-order valence-electron chi connectivity index (χ1n) is 6.64. The first kappa shape index (κ1) is 17.8. The van der Waals surface area contributed by atoms with E-state index in [1.54, 1.807) is 0 Å². The molecule has 2 N–H and O–H groups in total. The Morgan fingerprint density at radius 1 is 1.43 bits per heavy atom. The Labute approximate surface area is 136 Å². The Bertz CT molecular complexity index is 608. The predicted molar refractivity (Wildman–Crippen MR) is 88.0 cm³/mol. The summed E-state index contributed by atoms with van der Waals surface area (Å²) in [7, 11) is 1.98. The normalized spacial score (nSPS) is 17.1. The summed E-state index contributed by atoms with van der Waals surface area (Å²) in [6.07, 6.45) is 0.925. The van der Waals surface area contributed by atoms with Gasteiger partial charge in [-0.2, -0.15) is 0 Å². The van der Waals surface area contributed by atoms with Gasteiger partial charge in [0.1, 0.15) is 5.82 Å². The number of fused-ring (bicyclic) bond motifs is 1. The minimum atomic E-state index is 0. The number of amides is 1. The highest BCUT2D eigenvalue weighted by Crippen LogP contribution is 2.14. The van der Waals surface area contributed by atoms with E-state index >= 15 is 0 Å². The number of hydrogen-bond acceptors (Lipinski definition) is 3.